The number of rotatable bonds is 2. The molecule has 2 aliphatic heterocycles. The molecule has 6 heteroatoms. The van der Waals surface area contributed by atoms with Crippen LogP contribution in [0.1, 0.15) is 22.3 Å². The highest BCUT2D eigenvalue weighted by molar-refractivity contribution is 5.97. The van der Waals surface area contributed by atoms with Gasteiger partial charge in [0.1, 0.15) is 0 Å². The number of hydrogen-bond acceptors (Lipinski definition) is 3. The van der Waals surface area contributed by atoms with Crippen molar-refractivity contribution in [3.05, 3.63) is 29.3 Å². The van der Waals surface area contributed by atoms with Crippen LogP contribution in [-0.4, -0.2) is 48.2 Å². The van der Waals surface area contributed by atoms with Gasteiger partial charge in [0.2, 0.25) is 0 Å². The Morgan fingerprint density at radius 2 is 2.14 bits per heavy atom. The van der Waals surface area contributed by atoms with E-state index in [0.29, 0.717) is 25.6 Å². The largest absolute Gasteiger partial charge is 0.478 e. The molecule has 0 spiro atoms. The smallest absolute Gasteiger partial charge is 0.335 e. The second kappa shape index (κ2) is 5.37. The van der Waals surface area contributed by atoms with Crippen molar-refractivity contribution >= 4 is 17.7 Å². The van der Waals surface area contributed by atoms with Gasteiger partial charge in [0.15, 0.2) is 0 Å². The van der Waals surface area contributed by atoms with Crippen LogP contribution in [0.25, 0.3) is 0 Å². The zero-order valence-electron chi connectivity index (χ0n) is 11.8. The molecule has 0 bridgehead atoms. The molecule has 3 rings (SSSR count). The summed E-state index contributed by atoms with van der Waals surface area (Å²) in [6, 6.07) is 4.96. The second-order valence-corrected chi connectivity index (χ2v) is 5.67. The Morgan fingerprint density at radius 1 is 1.33 bits per heavy atom. The van der Waals surface area contributed by atoms with Crippen molar-refractivity contribution in [2.24, 2.45) is 11.7 Å². The number of aromatic carboxylic acids is 1. The van der Waals surface area contributed by atoms with Gasteiger partial charge in [-0.15, -0.1) is 0 Å². The Hall–Kier alpha value is -2.08. The molecule has 1 saturated heterocycles. The molecule has 0 aliphatic carbocycles. The maximum Gasteiger partial charge on any atom is 0.335 e. The van der Waals surface area contributed by atoms with Gasteiger partial charge in [-0.3, -0.25) is 4.90 Å². The van der Waals surface area contributed by atoms with Gasteiger partial charge in [0.25, 0.3) is 0 Å². The van der Waals surface area contributed by atoms with Crippen molar-refractivity contribution in [3.8, 4) is 0 Å². The lowest BCUT2D eigenvalue weighted by Gasteiger charge is -2.25. The highest BCUT2D eigenvalue weighted by Gasteiger charge is 2.32. The van der Waals surface area contributed by atoms with Crippen LogP contribution in [-0.2, 0) is 6.42 Å². The first-order valence-corrected chi connectivity index (χ1v) is 7.23. The van der Waals surface area contributed by atoms with Crippen molar-refractivity contribution in [2.45, 2.75) is 12.8 Å². The molecule has 0 saturated carbocycles. The van der Waals surface area contributed by atoms with Gasteiger partial charge >= 0.3 is 12.0 Å². The van der Waals surface area contributed by atoms with E-state index in [-0.39, 0.29) is 11.6 Å². The van der Waals surface area contributed by atoms with Crippen LogP contribution in [0.4, 0.5) is 10.5 Å². The standard InChI is InChI=1S/C15H19N3O3/c16-8-10-3-5-17(9-10)15(21)18-6-4-11-1-2-12(14(19)20)7-13(11)18/h1-2,7,10H,3-6,8-9,16H2,(H,19,20). The molecule has 1 unspecified atom stereocenters. The molecule has 1 aromatic carbocycles. The van der Waals surface area contributed by atoms with E-state index in [1.54, 1.807) is 23.1 Å². The molecule has 0 radical (unpaired) electrons. The number of carboxylic acids is 1. The van der Waals surface area contributed by atoms with Crippen LogP contribution >= 0.6 is 0 Å². The Bertz CT molecular complexity index is 588. The molecule has 1 aromatic rings. The summed E-state index contributed by atoms with van der Waals surface area (Å²) in [6.07, 6.45) is 1.72. The van der Waals surface area contributed by atoms with Crippen LogP contribution < -0.4 is 10.6 Å². The average Bonchev–Trinajstić information content (AvgIpc) is 3.12. The Labute approximate surface area is 123 Å². The molecule has 2 amide bonds. The number of carbonyl (C=O) groups is 2. The number of benzene rings is 1. The maximum atomic E-state index is 12.6. The number of anilines is 1. The summed E-state index contributed by atoms with van der Waals surface area (Å²) in [4.78, 5) is 27.2. The van der Waals surface area contributed by atoms with Gasteiger partial charge in [-0.2, -0.15) is 0 Å². The third-order valence-corrected chi connectivity index (χ3v) is 4.35. The zero-order valence-corrected chi connectivity index (χ0v) is 11.8. The predicted octanol–water partition coefficient (Wildman–Crippen LogP) is 1.15. The van der Waals surface area contributed by atoms with Gasteiger partial charge in [-0.1, -0.05) is 6.07 Å². The predicted molar refractivity (Wildman–Crippen MR) is 78.6 cm³/mol. The van der Waals surface area contributed by atoms with Crippen molar-refractivity contribution in [1.29, 1.82) is 0 Å². The van der Waals surface area contributed by atoms with Gasteiger partial charge in [-0.25, -0.2) is 9.59 Å². The van der Waals surface area contributed by atoms with E-state index in [1.807, 2.05) is 4.90 Å². The molecule has 6 nitrogen and oxygen atoms in total. The number of nitrogens with two attached hydrogens (primary N) is 1. The molecular weight excluding hydrogens is 270 g/mol. The highest BCUT2D eigenvalue weighted by atomic mass is 16.4. The Morgan fingerprint density at radius 3 is 2.81 bits per heavy atom. The molecule has 3 N–H and O–H groups in total. The minimum Gasteiger partial charge on any atom is -0.478 e. The van der Waals surface area contributed by atoms with Crippen LogP contribution in [0, 0.1) is 5.92 Å². The number of carboxylic acid groups (broad SMARTS) is 1. The lowest BCUT2D eigenvalue weighted by Crippen LogP contribution is -2.41. The fraction of sp³-hybridized carbons (Fsp3) is 0.467. The maximum absolute atomic E-state index is 12.6. The quantitative estimate of drug-likeness (QED) is 0.855. The number of carbonyl (C=O) groups excluding carboxylic acids is 1. The van der Waals surface area contributed by atoms with Gasteiger partial charge < -0.3 is 15.7 Å². The number of nitrogens with zero attached hydrogens (tertiary/aromatic N) is 2. The third-order valence-electron chi connectivity index (χ3n) is 4.35. The minimum absolute atomic E-state index is 0.0350. The second-order valence-electron chi connectivity index (χ2n) is 5.67. The average molecular weight is 289 g/mol. The Kier molecular flexibility index (Phi) is 3.55. The molecule has 1 fully saturated rings. The van der Waals surface area contributed by atoms with Crippen LogP contribution in [0.2, 0.25) is 0 Å². The number of urea groups is 1. The lowest BCUT2D eigenvalue weighted by molar-refractivity contribution is 0.0697. The molecule has 0 aromatic heterocycles. The molecule has 2 heterocycles. The van der Waals surface area contributed by atoms with E-state index >= 15 is 0 Å². The first-order valence-electron chi connectivity index (χ1n) is 7.23. The molecule has 112 valence electrons. The van der Waals surface area contributed by atoms with Crippen LogP contribution in [0.3, 0.4) is 0 Å². The SMILES string of the molecule is NCC1CCN(C(=O)N2CCc3ccc(C(=O)O)cc32)C1. The molecule has 21 heavy (non-hydrogen) atoms. The summed E-state index contributed by atoms with van der Waals surface area (Å²) < 4.78 is 0. The number of fused-ring (bicyclic) bond motifs is 1. The van der Waals surface area contributed by atoms with Crippen molar-refractivity contribution in [3.63, 3.8) is 0 Å². The Balaban J connectivity index is 1.82. The van der Waals surface area contributed by atoms with Crippen LogP contribution in [0.5, 0.6) is 0 Å². The summed E-state index contributed by atoms with van der Waals surface area (Å²) in [5, 5.41) is 9.09. The summed E-state index contributed by atoms with van der Waals surface area (Å²) in [6.45, 7) is 2.63. The molecular formula is C15H19N3O3. The van der Waals surface area contributed by atoms with E-state index in [4.69, 9.17) is 10.8 Å². The number of amides is 2. The zero-order chi connectivity index (χ0) is 15.0. The van der Waals surface area contributed by atoms with Gasteiger partial charge in [0.05, 0.1) is 5.56 Å². The van der Waals surface area contributed by atoms with E-state index in [1.165, 1.54) is 0 Å². The fourth-order valence-electron chi connectivity index (χ4n) is 3.08. The van der Waals surface area contributed by atoms with E-state index in [9.17, 15) is 9.59 Å². The molecule has 1 atom stereocenters. The summed E-state index contributed by atoms with van der Waals surface area (Å²) >= 11 is 0. The van der Waals surface area contributed by atoms with E-state index in [2.05, 4.69) is 0 Å². The van der Waals surface area contributed by atoms with Gasteiger partial charge in [0, 0.05) is 25.3 Å². The first kappa shape index (κ1) is 13.9. The van der Waals surface area contributed by atoms with Crippen molar-refractivity contribution in [2.75, 3.05) is 31.1 Å². The minimum atomic E-state index is -0.971. The summed E-state index contributed by atoms with van der Waals surface area (Å²) in [7, 11) is 0. The topological polar surface area (TPSA) is 86.9 Å². The van der Waals surface area contributed by atoms with E-state index < -0.39 is 5.97 Å². The fourth-order valence-corrected chi connectivity index (χ4v) is 3.08. The highest BCUT2D eigenvalue weighted by Crippen LogP contribution is 2.31. The molecule has 2 aliphatic rings. The van der Waals surface area contributed by atoms with Crippen LogP contribution in [0.15, 0.2) is 18.2 Å². The summed E-state index contributed by atoms with van der Waals surface area (Å²) in [5.41, 5.74) is 7.64. The third kappa shape index (κ3) is 2.47. The van der Waals surface area contributed by atoms with Gasteiger partial charge in [-0.05, 0) is 43.0 Å². The lowest BCUT2D eigenvalue weighted by atomic mass is 10.1. The summed E-state index contributed by atoms with van der Waals surface area (Å²) in [5.74, 6) is -0.595. The first-order chi connectivity index (χ1) is 10.1. The van der Waals surface area contributed by atoms with Crippen molar-refractivity contribution in [1.82, 2.24) is 4.90 Å². The number of likely N-dealkylation sites (tertiary alicyclic amines) is 1. The normalized spacial score (nSPS) is 20.7. The monoisotopic (exact) mass is 289 g/mol. The van der Waals surface area contributed by atoms with E-state index in [0.717, 1.165) is 30.6 Å². The number of hydrogen-bond donors (Lipinski definition) is 2. The van der Waals surface area contributed by atoms with Crippen molar-refractivity contribution < 1.29 is 14.7 Å².